The molecule has 9 atom stereocenters. The van der Waals surface area contributed by atoms with Crippen LogP contribution in [0.25, 0.3) is 0 Å². The lowest BCUT2D eigenvalue weighted by atomic mass is 9.81. The zero-order chi connectivity index (χ0) is 42.1. The molecule has 0 radical (unpaired) electrons. The molecule has 314 valence electrons. The van der Waals surface area contributed by atoms with Gasteiger partial charge in [0, 0.05) is 40.0 Å². The quantitative estimate of drug-likeness (QED) is 0.379. The summed E-state index contributed by atoms with van der Waals surface area (Å²) in [6, 6.07) is 3.24. The third-order valence-electron chi connectivity index (χ3n) is 11.7. The van der Waals surface area contributed by atoms with Crippen LogP contribution in [0, 0.1) is 23.2 Å². The molecule has 5 amide bonds. The van der Waals surface area contributed by atoms with Crippen LogP contribution in [0.3, 0.4) is 0 Å². The Balaban J connectivity index is 2.01. The number of nitrogens with one attached hydrogen (secondary N) is 2. The third kappa shape index (κ3) is 11.9. The van der Waals surface area contributed by atoms with E-state index in [9.17, 15) is 33.9 Å². The van der Waals surface area contributed by atoms with Gasteiger partial charge in [0.15, 0.2) is 0 Å². The molecule has 2 heterocycles. The number of ether oxygens (including phenoxy) is 2. The van der Waals surface area contributed by atoms with E-state index in [-0.39, 0.29) is 43.6 Å². The second-order valence-electron chi connectivity index (χ2n) is 17.0. The highest BCUT2D eigenvalue weighted by Gasteiger charge is 2.44. The van der Waals surface area contributed by atoms with Gasteiger partial charge in [0.05, 0.1) is 19.1 Å². The number of amides is 5. The highest BCUT2D eigenvalue weighted by Crippen LogP contribution is 2.32. The SMILES string of the molecule is CC[C@H](C)[C@H]1C(=O)N2CCC[C@H]2C(=O)O[C@H](C(C)(C)C)C[C@@H](C)C[C@H](O)[C@@H](C)C(=O)NCCC(=O)N[C@@H](Cc2ccc(OC)cc2)C(=O)N(C)[C@H](C)C(=O)N1C. The molecule has 0 aliphatic carbocycles. The summed E-state index contributed by atoms with van der Waals surface area (Å²) in [5.74, 6) is -3.33. The van der Waals surface area contributed by atoms with Crippen LogP contribution < -0.4 is 15.4 Å². The number of carbonyl (C=O) groups is 6. The number of hydrogen-bond acceptors (Lipinski definition) is 9. The molecule has 56 heavy (non-hydrogen) atoms. The van der Waals surface area contributed by atoms with Gasteiger partial charge in [-0.3, -0.25) is 24.0 Å². The summed E-state index contributed by atoms with van der Waals surface area (Å²) in [5, 5.41) is 16.6. The summed E-state index contributed by atoms with van der Waals surface area (Å²) < 4.78 is 11.5. The highest BCUT2D eigenvalue weighted by molar-refractivity contribution is 5.95. The number of likely N-dealkylation sites (N-methyl/N-ethyl adjacent to an activating group) is 2. The van der Waals surface area contributed by atoms with Crippen LogP contribution in [0.1, 0.15) is 99.5 Å². The van der Waals surface area contributed by atoms with Crippen molar-refractivity contribution in [1.29, 1.82) is 0 Å². The molecule has 3 N–H and O–H groups in total. The summed E-state index contributed by atoms with van der Waals surface area (Å²) in [6.45, 7) is 15.2. The number of aliphatic hydroxyl groups is 1. The molecule has 0 bridgehead atoms. The van der Waals surface area contributed by atoms with Crippen LogP contribution in [0.4, 0.5) is 0 Å². The van der Waals surface area contributed by atoms with Gasteiger partial charge in [-0.1, -0.05) is 67.0 Å². The predicted octanol–water partition coefficient (Wildman–Crippen LogP) is 3.32. The molecule has 0 aromatic heterocycles. The fourth-order valence-electron chi connectivity index (χ4n) is 7.47. The van der Waals surface area contributed by atoms with Crippen molar-refractivity contribution in [3.05, 3.63) is 29.8 Å². The van der Waals surface area contributed by atoms with Crippen LogP contribution in [0.15, 0.2) is 24.3 Å². The minimum atomic E-state index is -1.06. The predicted molar refractivity (Wildman–Crippen MR) is 212 cm³/mol. The maximum absolute atomic E-state index is 14.5. The number of cyclic esters (lactones) is 1. The minimum absolute atomic E-state index is 0.0263. The Morgan fingerprint density at radius 3 is 2.18 bits per heavy atom. The molecule has 0 saturated carbocycles. The van der Waals surface area contributed by atoms with Crippen LogP contribution in [-0.2, 0) is 39.9 Å². The lowest BCUT2D eigenvalue weighted by molar-refractivity contribution is -0.166. The molecule has 0 unspecified atom stereocenters. The van der Waals surface area contributed by atoms with E-state index in [4.69, 9.17) is 9.47 Å². The van der Waals surface area contributed by atoms with Gasteiger partial charge in [-0.25, -0.2) is 4.79 Å². The van der Waals surface area contributed by atoms with Crippen molar-refractivity contribution in [2.75, 3.05) is 34.3 Å². The summed E-state index contributed by atoms with van der Waals surface area (Å²) in [7, 11) is 4.59. The Kier molecular flexibility index (Phi) is 16.7. The Morgan fingerprint density at radius 2 is 1.59 bits per heavy atom. The van der Waals surface area contributed by atoms with Gasteiger partial charge in [0.2, 0.25) is 29.5 Å². The van der Waals surface area contributed by atoms with Crippen molar-refractivity contribution < 1.29 is 43.3 Å². The first-order chi connectivity index (χ1) is 26.2. The van der Waals surface area contributed by atoms with Gasteiger partial charge in [-0.15, -0.1) is 0 Å². The van der Waals surface area contributed by atoms with Gasteiger partial charge >= 0.3 is 5.97 Å². The van der Waals surface area contributed by atoms with E-state index in [0.717, 1.165) is 5.56 Å². The van der Waals surface area contributed by atoms with Gasteiger partial charge in [0.1, 0.15) is 36.0 Å². The first-order valence-corrected chi connectivity index (χ1v) is 20.1. The molecule has 14 heteroatoms. The molecular formula is C42H67N5O9. The third-order valence-corrected chi connectivity index (χ3v) is 11.7. The smallest absolute Gasteiger partial charge is 0.329 e. The van der Waals surface area contributed by atoms with Gasteiger partial charge < -0.3 is 39.9 Å². The van der Waals surface area contributed by atoms with Gasteiger partial charge in [-0.2, -0.15) is 0 Å². The summed E-state index contributed by atoms with van der Waals surface area (Å²) in [5.41, 5.74) is 0.276. The number of benzene rings is 1. The molecule has 2 saturated heterocycles. The maximum Gasteiger partial charge on any atom is 0.329 e. The van der Waals surface area contributed by atoms with Crippen LogP contribution in [0.2, 0.25) is 0 Å². The molecule has 14 nitrogen and oxygen atoms in total. The number of methoxy groups -OCH3 is 1. The summed E-state index contributed by atoms with van der Waals surface area (Å²) in [6.07, 6.45) is 0.722. The lowest BCUT2D eigenvalue weighted by Gasteiger charge is -2.39. The van der Waals surface area contributed by atoms with Crippen molar-refractivity contribution in [2.24, 2.45) is 23.2 Å². The topological polar surface area (TPSA) is 175 Å². The number of nitrogens with zero attached hydrogens (tertiary/aromatic N) is 3. The number of rotatable bonds is 5. The molecule has 0 spiro atoms. The molecule has 1 aromatic rings. The fraction of sp³-hybridized carbons (Fsp3) is 0.714. The average Bonchev–Trinajstić information content (AvgIpc) is 3.65. The van der Waals surface area contributed by atoms with Crippen LogP contribution in [0.5, 0.6) is 5.75 Å². The van der Waals surface area contributed by atoms with E-state index >= 15 is 0 Å². The molecule has 2 aliphatic rings. The van der Waals surface area contributed by atoms with Crippen LogP contribution in [-0.4, -0.2) is 126 Å². The summed E-state index contributed by atoms with van der Waals surface area (Å²) >= 11 is 0. The van der Waals surface area contributed by atoms with E-state index in [1.165, 1.54) is 21.7 Å². The molecule has 1 aromatic carbocycles. The largest absolute Gasteiger partial charge is 0.497 e. The van der Waals surface area contributed by atoms with Crippen molar-refractivity contribution in [1.82, 2.24) is 25.3 Å². The average molecular weight is 786 g/mol. The standard InChI is InChI=1S/C42H67N5O9/c1-12-26(3)36-40(53)47-21-13-14-32(47)41(54)56-34(42(6,7)8)23-25(2)22-33(48)27(4)37(50)43-20-19-35(49)44-31(24-29-15-17-30(55-11)18-16-29)39(52)45(9)28(5)38(51)46(36)10/h15-18,25-28,31-34,36,48H,12-14,19-24H2,1-11H3,(H,43,50)(H,44,49)/t25-,26-,27+,28+,31-,32-,33-,34-,36-/m0/s1. The zero-order valence-electron chi connectivity index (χ0n) is 35.4. The van der Waals surface area contributed by atoms with Crippen molar-refractivity contribution in [2.45, 2.75) is 137 Å². The lowest BCUT2D eigenvalue weighted by Crippen LogP contribution is -2.59. The highest BCUT2D eigenvalue weighted by atomic mass is 16.5. The van der Waals surface area contributed by atoms with Gasteiger partial charge in [-0.05, 0) is 67.6 Å². The number of esters is 1. The molecule has 2 aliphatic heterocycles. The summed E-state index contributed by atoms with van der Waals surface area (Å²) in [4.78, 5) is 87.3. The minimum Gasteiger partial charge on any atom is -0.497 e. The first-order valence-electron chi connectivity index (χ1n) is 20.1. The fourth-order valence-corrected chi connectivity index (χ4v) is 7.47. The van der Waals surface area contributed by atoms with Crippen LogP contribution >= 0.6 is 0 Å². The Hall–Kier alpha value is -4.20. The Labute approximate surface area is 333 Å². The number of fused-ring (bicyclic) bond motifs is 1. The first kappa shape index (κ1) is 46.2. The molecule has 2 fully saturated rings. The van der Waals surface area contributed by atoms with E-state index in [2.05, 4.69) is 10.6 Å². The van der Waals surface area contributed by atoms with Crippen molar-refractivity contribution in [3.63, 3.8) is 0 Å². The van der Waals surface area contributed by atoms with Crippen molar-refractivity contribution >= 4 is 35.5 Å². The normalized spacial score (nSPS) is 29.5. The van der Waals surface area contributed by atoms with E-state index in [1.807, 2.05) is 41.5 Å². The van der Waals surface area contributed by atoms with E-state index in [1.54, 1.807) is 52.3 Å². The number of carbonyl (C=O) groups excluding carboxylic acids is 6. The molecular weight excluding hydrogens is 718 g/mol. The van der Waals surface area contributed by atoms with E-state index < -0.39 is 77.3 Å². The Bertz CT molecular complexity index is 1530. The number of hydrogen-bond donors (Lipinski definition) is 3. The number of aliphatic hydroxyl groups excluding tert-OH is 1. The monoisotopic (exact) mass is 785 g/mol. The maximum atomic E-state index is 14.5. The Morgan fingerprint density at radius 1 is 0.946 bits per heavy atom. The zero-order valence-corrected chi connectivity index (χ0v) is 35.4. The molecule has 3 rings (SSSR count). The van der Waals surface area contributed by atoms with E-state index in [0.29, 0.717) is 38.0 Å². The second-order valence-corrected chi connectivity index (χ2v) is 17.0. The van der Waals surface area contributed by atoms with Crippen molar-refractivity contribution in [3.8, 4) is 5.75 Å². The van der Waals surface area contributed by atoms with Gasteiger partial charge in [0.25, 0.3) is 0 Å². The second kappa shape index (κ2) is 20.3.